The molecule has 7 rings (SSSR count). The Morgan fingerprint density at radius 3 is 2.14 bits per heavy atom. The first-order valence-corrected chi connectivity index (χ1v) is 14.9. The Kier molecular flexibility index (Phi) is 6.89. The van der Waals surface area contributed by atoms with Crippen molar-refractivity contribution in [3.8, 4) is 11.1 Å². The molecular formula is C41H34N2. The first-order chi connectivity index (χ1) is 21.2. The number of benzene rings is 5. The smallest absolute Gasteiger partial charge is 0.0496 e. The molecule has 1 heterocycles. The fourth-order valence-corrected chi connectivity index (χ4v) is 6.54. The van der Waals surface area contributed by atoms with Gasteiger partial charge in [0, 0.05) is 40.5 Å². The van der Waals surface area contributed by atoms with Crippen LogP contribution in [0.5, 0.6) is 0 Å². The summed E-state index contributed by atoms with van der Waals surface area (Å²) in [6.07, 6.45) is 8.05. The minimum absolute atomic E-state index is 0.900. The van der Waals surface area contributed by atoms with Crippen LogP contribution < -0.4 is 9.80 Å². The predicted octanol–water partition coefficient (Wildman–Crippen LogP) is 11.1. The molecule has 2 aliphatic rings. The van der Waals surface area contributed by atoms with Crippen LogP contribution in [0.4, 0.5) is 28.4 Å². The largest absolute Gasteiger partial charge is 0.341 e. The second-order valence-corrected chi connectivity index (χ2v) is 11.1. The molecule has 1 aliphatic heterocycles. The average Bonchev–Trinajstić information content (AvgIpc) is 3.18. The van der Waals surface area contributed by atoms with Crippen LogP contribution in [-0.4, -0.2) is 6.54 Å². The third kappa shape index (κ3) is 4.71. The summed E-state index contributed by atoms with van der Waals surface area (Å²) >= 11 is 0. The minimum Gasteiger partial charge on any atom is -0.341 e. The van der Waals surface area contributed by atoms with Gasteiger partial charge in [-0.3, -0.25) is 0 Å². The lowest BCUT2D eigenvalue weighted by atomic mass is 9.91. The fourth-order valence-electron chi connectivity index (χ4n) is 6.54. The van der Waals surface area contributed by atoms with Crippen molar-refractivity contribution in [2.24, 2.45) is 0 Å². The SMILES string of the molecule is C=Cc1ccc(N(c2ccccc2)c2ccc(N3CC/C=C4/Cc5ccccc5-c5cccc3c5C4=C)cc2)cc1C=C. The number of fused-ring (bicyclic) bond motifs is 3. The van der Waals surface area contributed by atoms with Gasteiger partial charge in [0.2, 0.25) is 0 Å². The van der Waals surface area contributed by atoms with E-state index >= 15 is 0 Å². The second kappa shape index (κ2) is 11.2. The molecule has 2 nitrogen and oxygen atoms in total. The van der Waals surface area contributed by atoms with Gasteiger partial charge in [0.15, 0.2) is 0 Å². The van der Waals surface area contributed by atoms with Gasteiger partial charge in [-0.2, -0.15) is 0 Å². The zero-order chi connectivity index (χ0) is 29.3. The molecule has 0 saturated heterocycles. The van der Waals surface area contributed by atoms with Gasteiger partial charge in [0.25, 0.3) is 0 Å². The Labute approximate surface area is 254 Å². The molecule has 5 aromatic carbocycles. The molecule has 0 atom stereocenters. The summed E-state index contributed by atoms with van der Waals surface area (Å²) in [6.45, 7) is 13.5. The van der Waals surface area contributed by atoms with Gasteiger partial charge in [0.1, 0.15) is 0 Å². The summed E-state index contributed by atoms with van der Waals surface area (Å²) < 4.78 is 0. The summed E-state index contributed by atoms with van der Waals surface area (Å²) in [5.74, 6) is 0. The van der Waals surface area contributed by atoms with E-state index < -0.39 is 0 Å². The van der Waals surface area contributed by atoms with Gasteiger partial charge in [-0.15, -0.1) is 0 Å². The quantitative estimate of drug-likeness (QED) is 0.206. The summed E-state index contributed by atoms with van der Waals surface area (Å²) in [5, 5.41) is 0. The molecule has 0 N–H and O–H groups in total. The Morgan fingerprint density at radius 2 is 1.35 bits per heavy atom. The van der Waals surface area contributed by atoms with Crippen LogP contribution in [0.25, 0.3) is 28.9 Å². The van der Waals surface area contributed by atoms with Gasteiger partial charge in [0.05, 0.1) is 0 Å². The van der Waals surface area contributed by atoms with Crippen molar-refractivity contribution in [1.29, 1.82) is 0 Å². The predicted molar refractivity (Wildman–Crippen MR) is 186 cm³/mol. The zero-order valence-corrected chi connectivity index (χ0v) is 24.3. The van der Waals surface area contributed by atoms with E-state index in [2.05, 4.69) is 151 Å². The molecule has 0 aromatic heterocycles. The highest BCUT2D eigenvalue weighted by Gasteiger charge is 2.26. The van der Waals surface area contributed by atoms with E-state index in [9.17, 15) is 0 Å². The number of nitrogens with zero attached hydrogens (tertiary/aromatic N) is 2. The number of allylic oxidation sites excluding steroid dienone is 2. The van der Waals surface area contributed by atoms with E-state index in [4.69, 9.17) is 0 Å². The molecular weight excluding hydrogens is 520 g/mol. The zero-order valence-electron chi connectivity index (χ0n) is 24.3. The maximum atomic E-state index is 4.64. The van der Waals surface area contributed by atoms with E-state index in [1.807, 2.05) is 12.2 Å². The lowest BCUT2D eigenvalue weighted by Gasteiger charge is -2.31. The van der Waals surface area contributed by atoms with Crippen LogP contribution in [0.2, 0.25) is 0 Å². The van der Waals surface area contributed by atoms with Crippen LogP contribution in [0.15, 0.2) is 147 Å². The second-order valence-electron chi connectivity index (χ2n) is 11.1. The number of anilines is 5. The van der Waals surface area contributed by atoms with Crippen LogP contribution in [0.1, 0.15) is 28.7 Å². The van der Waals surface area contributed by atoms with Gasteiger partial charge < -0.3 is 9.80 Å². The molecule has 5 aromatic rings. The summed E-state index contributed by atoms with van der Waals surface area (Å²) in [6, 6.07) is 41.4. The van der Waals surface area contributed by atoms with Crippen molar-refractivity contribution in [2.45, 2.75) is 12.8 Å². The van der Waals surface area contributed by atoms with Crippen LogP contribution in [0.3, 0.4) is 0 Å². The summed E-state index contributed by atoms with van der Waals surface area (Å²) in [7, 11) is 0. The number of para-hydroxylation sites is 1. The van der Waals surface area contributed by atoms with E-state index in [1.54, 1.807) is 0 Å². The number of hydrogen-bond acceptors (Lipinski definition) is 2. The normalized spacial score (nSPS) is 14.8. The molecule has 0 spiro atoms. The lowest BCUT2D eigenvalue weighted by Crippen LogP contribution is -2.21. The number of hydrogen-bond donors (Lipinski definition) is 0. The van der Waals surface area contributed by atoms with Gasteiger partial charge in [-0.05, 0) is 106 Å². The highest BCUT2D eigenvalue weighted by molar-refractivity contribution is 5.98. The average molecular weight is 555 g/mol. The van der Waals surface area contributed by atoms with Crippen LogP contribution >= 0.6 is 0 Å². The molecule has 208 valence electrons. The van der Waals surface area contributed by atoms with Crippen molar-refractivity contribution in [1.82, 2.24) is 0 Å². The Hall–Kier alpha value is -5.34. The standard InChI is InChI=1S/C41H34N2/c1-4-30-20-21-37(28-31(30)5-2)43(35-15-7-6-8-16-35)36-24-22-34(23-25-36)42-26-12-14-32-27-33-13-9-10-17-38(33)39-18-11-19-40(42)41(39)29(32)3/h4-11,13-25,28H,1-3,12,26-27H2/b32-14-. The van der Waals surface area contributed by atoms with Crippen molar-refractivity contribution in [3.05, 3.63) is 169 Å². The fraction of sp³-hybridized carbons (Fsp3) is 0.0732. The maximum absolute atomic E-state index is 4.64. The van der Waals surface area contributed by atoms with Gasteiger partial charge in [-0.1, -0.05) is 98.6 Å². The Morgan fingerprint density at radius 1 is 0.651 bits per heavy atom. The molecule has 0 unspecified atom stereocenters. The van der Waals surface area contributed by atoms with Crippen molar-refractivity contribution in [2.75, 3.05) is 16.3 Å². The first kappa shape index (κ1) is 26.6. The minimum atomic E-state index is 0.900. The molecule has 0 amide bonds. The van der Waals surface area contributed by atoms with Gasteiger partial charge in [-0.25, -0.2) is 0 Å². The third-order valence-corrected chi connectivity index (χ3v) is 8.66. The molecule has 2 heteroatoms. The molecule has 0 radical (unpaired) electrons. The molecule has 1 aliphatic carbocycles. The van der Waals surface area contributed by atoms with E-state index in [0.29, 0.717) is 0 Å². The molecule has 43 heavy (non-hydrogen) atoms. The Bertz CT molecular complexity index is 1890. The monoisotopic (exact) mass is 554 g/mol. The van der Waals surface area contributed by atoms with Crippen LogP contribution in [0, 0.1) is 0 Å². The molecule has 0 saturated carbocycles. The van der Waals surface area contributed by atoms with Crippen molar-refractivity contribution < 1.29 is 0 Å². The first-order valence-electron chi connectivity index (χ1n) is 14.9. The third-order valence-electron chi connectivity index (χ3n) is 8.66. The molecule has 0 fully saturated rings. The van der Waals surface area contributed by atoms with Crippen LogP contribution in [-0.2, 0) is 6.42 Å². The summed E-state index contributed by atoms with van der Waals surface area (Å²) in [4.78, 5) is 4.75. The highest BCUT2D eigenvalue weighted by atomic mass is 15.2. The lowest BCUT2D eigenvalue weighted by molar-refractivity contribution is 0.926. The summed E-state index contributed by atoms with van der Waals surface area (Å²) in [5.41, 5.74) is 15.4. The Balaban J connectivity index is 1.32. The van der Waals surface area contributed by atoms with E-state index in [1.165, 1.54) is 39.2 Å². The topological polar surface area (TPSA) is 6.48 Å². The molecule has 2 bridgehead atoms. The van der Waals surface area contributed by atoms with Crippen molar-refractivity contribution in [3.63, 3.8) is 0 Å². The maximum Gasteiger partial charge on any atom is 0.0496 e. The van der Waals surface area contributed by atoms with E-state index in [-0.39, 0.29) is 0 Å². The van der Waals surface area contributed by atoms with Crippen molar-refractivity contribution >= 4 is 46.2 Å². The van der Waals surface area contributed by atoms with E-state index in [0.717, 1.165) is 53.1 Å². The highest BCUT2D eigenvalue weighted by Crippen LogP contribution is 2.47. The van der Waals surface area contributed by atoms with Gasteiger partial charge >= 0.3 is 0 Å². The number of rotatable bonds is 6.